The molecule has 2 rings (SSSR count). The van der Waals surface area contributed by atoms with Crippen molar-refractivity contribution in [2.75, 3.05) is 31.6 Å². The van der Waals surface area contributed by atoms with Gasteiger partial charge in [0.15, 0.2) is 0 Å². The minimum absolute atomic E-state index is 0.0850. The van der Waals surface area contributed by atoms with Crippen molar-refractivity contribution in [3.05, 3.63) is 12.4 Å². The number of ether oxygens (including phenoxy) is 1. The van der Waals surface area contributed by atoms with Crippen LogP contribution in [0.3, 0.4) is 0 Å². The summed E-state index contributed by atoms with van der Waals surface area (Å²) in [6.45, 7) is 4.51. The first-order valence-electron chi connectivity index (χ1n) is 6.75. The van der Waals surface area contributed by atoms with Crippen LogP contribution in [0.25, 0.3) is 0 Å². The maximum Gasteiger partial charge on any atom is 0.243 e. The van der Waals surface area contributed by atoms with Gasteiger partial charge in [0.25, 0.3) is 0 Å². The average Bonchev–Trinajstić information content (AvgIpc) is 2.93. The maximum atomic E-state index is 12.0. The molecule has 112 valence electrons. The summed E-state index contributed by atoms with van der Waals surface area (Å²) in [6, 6.07) is 0. The molecule has 0 radical (unpaired) electrons. The number of aromatic nitrogens is 2. The van der Waals surface area contributed by atoms with E-state index in [0.29, 0.717) is 25.0 Å². The van der Waals surface area contributed by atoms with E-state index in [4.69, 9.17) is 4.74 Å². The lowest BCUT2D eigenvalue weighted by molar-refractivity contribution is 0.184. The molecule has 1 aromatic heterocycles. The maximum absolute atomic E-state index is 12.0. The van der Waals surface area contributed by atoms with Crippen molar-refractivity contribution in [1.82, 2.24) is 14.7 Å². The summed E-state index contributed by atoms with van der Waals surface area (Å²) in [5.41, 5.74) is 0. The standard InChI is InChI=1S/C12H20N4O3S/c1-2-13-12-14-7-11(8-15-12)20(17,18)16-5-3-10-4-6-19-9-10/h7-8,10,16H,2-6,9H2,1H3,(H,13,14,15). The Balaban J connectivity index is 1.88. The molecule has 2 N–H and O–H groups in total. The molecule has 7 nitrogen and oxygen atoms in total. The van der Waals surface area contributed by atoms with E-state index in [1.54, 1.807) is 0 Å². The Morgan fingerprint density at radius 2 is 2.15 bits per heavy atom. The van der Waals surface area contributed by atoms with Crippen LogP contribution in [-0.2, 0) is 14.8 Å². The van der Waals surface area contributed by atoms with E-state index in [9.17, 15) is 8.42 Å². The van der Waals surface area contributed by atoms with Crippen LogP contribution in [0.15, 0.2) is 17.3 Å². The fourth-order valence-corrected chi connectivity index (χ4v) is 2.93. The summed E-state index contributed by atoms with van der Waals surface area (Å²) < 4.78 is 31.9. The van der Waals surface area contributed by atoms with Crippen molar-refractivity contribution in [2.24, 2.45) is 5.92 Å². The Bertz CT molecular complexity index is 512. The zero-order chi connectivity index (χ0) is 14.4. The van der Waals surface area contributed by atoms with E-state index in [-0.39, 0.29) is 4.90 Å². The summed E-state index contributed by atoms with van der Waals surface area (Å²) in [6.07, 6.45) is 4.41. The summed E-state index contributed by atoms with van der Waals surface area (Å²) >= 11 is 0. The molecule has 0 amide bonds. The molecule has 1 aliphatic heterocycles. The van der Waals surface area contributed by atoms with Crippen LogP contribution in [0, 0.1) is 5.92 Å². The average molecular weight is 300 g/mol. The highest BCUT2D eigenvalue weighted by Crippen LogP contribution is 2.16. The molecule has 8 heteroatoms. The van der Waals surface area contributed by atoms with Gasteiger partial charge >= 0.3 is 0 Å². The van der Waals surface area contributed by atoms with Crippen molar-refractivity contribution in [1.29, 1.82) is 0 Å². The number of hydrogen-bond acceptors (Lipinski definition) is 6. The lowest BCUT2D eigenvalue weighted by Gasteiger charge is -2.09. The Labute approximate surface area is 119 Å². The van der Waals surface area contributed by atoms with Crippen LogP contribution >= 0.6 is 0 Å². The molecule has 1 aliphatic rings. The van der Waals surface area contributed by atoms with Gasteiger partial charge in [0, 0.05) is 26.3 Å². The minimum Gasteiger partial charge on any atom is -0.381 e. The lowest BCUT2D eigenvalue weighted by atomic mass is 10.1. The summed E-state index contributed by atoms with van der Waals surface area (Å²) in [7, 11) is -3.53. The third kappa shape index (κ3) is 4.12. The first-order valence-corrected chi connectivity index (χ1v) is 8.23. The van der Waals surface area contributed by atoms with E-state index in [1.807, 2.05) is 6.92 Å². The van der Waals surface area contributed by atoms with E-state index in [0.717, 1.165) is 26.1 Å². The van der Waals surface area contributed by atoms with Crippen molar-refractivity contribution in [3.63, 3.8) is 0 Å². The van der Waals surface area contributed by atoms with Crippen molar-refractivity contribution >= 4 is 16.0 Å². The van der Waals surface area contributed by atoms with E-state index < -0.39 is 10.0 Å². The Hall–Kier alpha value is -1.25. The van der Waals surface area contributed by atoms with E-state index >= 15 is 0 Å². The monoisotopic (exact) mass is 300 g/mol. The van der Waals surface area contributed by atoms with Gasteiger partial charge in [-0.3, -0.25) is 0 Å². The fraction of sp³-hybridized carbons (Fsp3) is 0.667. The van der Waals surface area contributed by atoms with Crippen LogP contribution in [-0.4, -0.2) is 44.7 Å². The highest BCUT2D eigenvalue weighted by atomic mass is 32.2. The van der Waals surface area contributed by atoms with Crippen LogP contribution in [0.2, 0.25) is 0 Å². The van der Waals surface area contributed by atoms with Gasteiger partial charge in [-0.1, -0.05) is 0 Å². The molecular formula is C12H20N4O3S. The largest absolute Gasteiger partial charge is 0.381 e. The molecule has 0 aromatic carbocycles. The van der Waals surface area contributed by atoms with Gasteiger partial charge in [0.2, 0.25) is 16.0 Å². The van der Waals surface area contributed by atoms with Crippen LogP contribution in [0.1, 0.15) is 19.8 Å². The molecule has 0 saturated carbocycles. The quantitative estimate of drug-likeness (QED) is 0.766. The summed E-state index contributed by atoms with van der Waals surface area (Å²) in [5.74, 6) is 0.875. The van der Waals surface area contributed by atoms with Crippen molar-refractivity contribution in [3.8, 4) is 0 Å². The highest BCUT2D eigenvalue weighted by molar-refractivity contribution is 7.89. The van der Waals surface area contributed by atoms with Gasteiger partial charge in [-0.15, -0.1) is 0 Å². The zero-order valence-corrected chi connectivity index (χ0v) is 12.3. The predicted octanol–water partition coefficient (Wildman–Crippen LogP) is 0.613. The van der Waals surface area contributed by atoms with Gasteiger partial charge < -0.3 is 10.1 Å². The number of sulfonamides is 1. The Morgan fingerprint density at radius 3 is 2.75 bits per heavy atom. The van der Waals surface area contributed by atoms with Gasteiger partial charge in [-0.2, -0.15) is 0 Å². The van der Waals surface area contributed by atoms with E-state index in [1.165, 1.54) is 12.4 Å². The smallest absolute Gasteiger partial charge is 0.243 e. The molecule has 1 fully saturated rings. The molecule has 1 atom stereocenters. The van der Waals surface area contributed by atoms with Crippen molar-refractivity contribution < 1.29 is 13.2 Å². The van der Waals surface area contributed by atoms with Crippen LogP contribution in [0.4, 0.5) is 5.95 Å². The number of hydrogen-bond donors (Lipinski definition) is 2. The molecule has 1 saturated heterocycles. The Morgan fingerprint density at radius 1 is 1.40 bits per heavy atom. The normalized spacial score (nSPS) is 19.1. The first-order chi connectivity index (χ1) is 9.62. The highest BCUT2D eigenvalue weighted by Gasteiger charge is 2.18. The van der Waals surface area contributed by atoms with Crippen LogP contribution in [0.5, 0.6) is 0 Å². The predicted molar refractivity (Wildman–Crippen MR) is 74.9 cm³/mol. The molecule has 2 heterocycles. The zero-order valence-electron chi connectivity index (χ0n) is 11.5. The third-order valence-corrected chi connectivity index (χ3v) is 4.56. The fourth-order valence-electron chi connectivity index (χ4n) is 2.00. The number of rotatable bonds is 7. The van der Waals surface area contributed by atoms with Crippen molar-refractivity contribution in [2.45, 2.75) is 24.7 Å². The number of nitrogens with one attached hydrogen (secondary N) is 2. The lowest BCUT2D eigenvalue weighted by Crippen LogP contribution is -2.26. The Kier molecular flexibility index (Phi) is 5.27. The summed E-state index contributed by atoms with van der Waals surface area (Å²) in [5, 5.41) is 2.92. The second kappa shape index (κ2) is 6.96. The van der Waals surface area contributed by atoms with Crippen LogP contribution < -0.4 is 10.0 Å². The molecule has 0 bridgehead atoms. The van der Waals surface area contributed by atoms with Gasteiger partial charge in [0.05, 0.1) is 12.4 Å². The third-order valence-electron chi connectivity index (χ3n) is 3.14. The second-order valence-corrected chi connectivity index (χ2v) is 6.46. The molecule has 0 spiro atoms. The van der Waals surface area contributed by atoms with Gasteiger partial charge in [0.1, 0.15) is 4.90 Å². The van der Waals surface area contributed by atoms with E-state index in [2.05, 4.69) is 20.0 Å². The molecule has 1 aromatic rings. The van der Waals surface area contributed by atoms with Gasteiger partial charge in [-0.25, -0.2) is 23.1 Å². The molecule has 0 aliphatic carbocycles. The molecule has 20 heavy (non-hydrogen) atoms. The first kappa shape index (κ1) is 15.1. The minimum atomic E-state index is -3.53. The second-order valence-electron chi connectivity index (χ2n) is 4.69. The summed E-state index contributed by atoms with van der Waals surface area (Å²) in [4.78, 5) is 8.00. The number of anilines is 1. The SMILES string of the molecule is CCNc1ncc(S(=O)(=O)NCCC2CCOC2)cn1. The molecule has 1 unspecified atom stereocenters. The number of nitrogens with zero attached hydrogens (tertiary/aromatic N) is 2. The van der Waals surface area contributed by atoms with Gasteiger partial charge in [-0.05, 0) is 25.7 Å². The topological polar surface area (TPSA) is 93.2 Å². The molecular weight excluding hydrogens is 280 g/mol.